The first kappa shape index (κ1) is 21.3. The number of carboxylic acids is 1. The van der Waals surface area contributed by atoms with Crippen molar-refractivity contribution in [2.75, 3.05) is 0 Å². The molecular formula is C20H20N4O5S. The van der Waals surface area contributed by atoms with Crippen LogP contribution in [0, 0.1) is 24.0 Å². The summed E-state index contributed by atoms with van der Waals surface area (Å²) in [5.74, 6) is 0.272. The SMILES string of the molecule is CCCc1nc(S/C(=C\c2ccc(-c3cc(C)c(C)c([N+](=O)[O-])c3)o2)C(=O)O)n[nH]1. The van der Waals surface area contributed by atoms with Gasteiger partial charge in [0.15, 0.2) is 0 Å². The monoisotopic (exact) mass is 428 g/mol. The Kier molecular flexibility index (Phi) is 6.36. The van der Waals surface area contributed by atoms with Crippen LogP contribution in [0.1, 0.15) is 36.1 Å². The van der Waals surface area contributed by atoms with E-state index in [2.05, 4.69) is 15.2 Å². The van der Waals surface area contributed by atoms with Gasteiger partial charge >= 0.3 is 5.97 Å². The fourth-order valence-electron chi connectivity index (χ4n) is 2.79. The van der Waals surface area contributed by atoms with Gasteiger partial charge in [-0.25, -0.2) is 9.78 Å². The van der Waals surface area contributed by atoms with Gasteiger partial charge in [0, 0.05) is 29.7 Å². The third-order valence-electron chi connectivity index (χ3n) is 4.43. The van der Waals surface area contributed by atoms with E-state index in [1.807, 2.05) is 6.92 Å². The van der Waals surface area contributed by atoms with Crippen molar-refractivity contribution in [3.05, 3.63) is 62.0 Å². The molecule has 3 rings (SSSR count). The van der Waals surface area contributed by atoms with Gasteiger partial charge in [0.2, 0.25) is 5.16 Å². The highest BCUT2D eigenvalue weighted by atomic mass is 32.2. The summed E-state index contributed by atoms with van der Waals surface area (Å²) in [4.78, 5) is 26.7. The summed E-state index contributed by atoms with van der Waals surface area (Å²) >= 11 is 0.913. The summed E-state index contributed by atoms with van der Waals surface area (Å²) in [6, 6.07) is 6.51. The molecule has 30 heavy (non-hydrogen) atoms. The molecule has 2 aromatic heterocycles. The van der Waals surface area contributed by atoms with Crippen LogP contribution in [0.4, 0.5) is 5.69 Å². The predicted octanol–water partition coefficient (Wildman–Crippen LogP) is 4.76. The Morgan fingerprint density at radius 1 is 1.37 bits per heavy atom. The van der Waals surface area contributed by atoms with Gasteiger partial charge in [-0.15, -0.1) is 5.10 Å². The zero-order valence-corrected chi connectivity index (χ0v) is 17.4. The highest BCUT2D eigenvalue weighted by molar-refractivity contribution is 8.04. The van der Waals surface area contributed by atoms with Crippen molar-refractivity contribution >= 4 is 29.5 Å². The molecule has 3 aromatic rings. The van der Waals surface area contributed by atoms with Gasteiger partial charge in [-0.2, -0.15) is 0 Å². The normalized spacial score (nSPS) is 11.6. The minimum atomic E-state index is -1.14. The lowest BCUT2D eigenvalue weighted by Gasteiger charge is -2.04. The molecule has 0 unspecified atom stereocenters. The molecule has 0 aliphatic carbocycles. The number of thioether (sulfide) groups is 1. The molecule has 0 aliphatic heterocycles. The van der Waals surface area contributed by atoms with E-state index in [1.54, 1.807) is 32.0 Å². The van der Waals surface area contributed by atoms with Gasteiger partial charge in [-0.1, -0.05) is 6.92 Å². The largest absolute Gasteiger partial charge is 0.477 e. The van der Waals surface area contributed by atoms with Crippen molar-refractivity contribution in [2.24, 2.45) is 0 Å². The lowest BCUT2D eigenvalue weighted by molar-refractivity contribution is -0.385. The molecule has 1 aromatic carbocycles. The summed E-state index contributed by atoms with van der Waals surface area (Å²) in [6.45, 7) is 5.49. The number of H-pyrrole nitrogens is 1. The molecule has 0 aliphatic rings. The number of aromatic amines is 1. The van der Waals surface area contributed by atoms with Gasteiger partial charge in [0.05, 0.1) is 4.92 Å². The smallest absolute Gasteiger partial charge is 0.342 e. The maximum Gasteiger partial charge on any atom is 0.342 e. The minimum absolute atomic E-state index is 0.00719. The molecule has 0 saturated heterocycles. The fraction of sp³-hybridized carbons (Fsp3) is 0.250. The van der Waals surface area contributed by atoms with Crippen molar-refractivity contribution in [3.63, 3.8) is 0 Å². The van der Waals surface area contributed by atoms with Gasteiger partial charge in [-0.05, 0) is 55.8 Å². The second-order valence-corrected chi connectivity index (χ2v) is 7.64. The number of aromatic nitrogens is 3. The standard InChI is InChI=1S/C20H20N4O5S/c1-4-5-18-21-20(23-22-18)30-17(19(25)26)10-14-6-7-16(29-14)13-8-11(2)12(3)15(9-13)24(27)28/h6-10H,4-5H2,1-3H3,(H,25,26)(H,21,22,23)/b17-10-. The van der Waals surface area contributed by atoms with Crippen LogP contribution in [-0.4, -0.2) is 31.2 Å². The number of hydrogen-bond acceptors (Lipinski definition) is 7. The molecule has 0 amide bonds. The Hall–Kier alpha value is -3.40. The average molecular weight is 428 g/mol. The lowest BCUT2D eigenvalue weighted by atomic mass is 10.0. The molecule has 0 saturated carbocycles. The van der Waals surface area contributed by atoms with Crippen LogP contribution >= 0.6 is 11.8 Å². The number of aliphatic carboxylic acids is 1. The highest BCUT2D eigenvalue weighted by Gasteiger charge is 2.18. The Bertz CT molecular complexity index is 1130. The van der Waals surface area contributed by atoms with Crippen molar-refractivity contribution in [2.45, 2.75) is 38.8 Å². The number of rotatable bonds is 8. The third kappa shape index (κ3) is 4.77. The van der Waals surface area contributed by atoms with E-state index in [0.717, 1.165) is 30.2 Å². The number of hydrogen-bond donors (Lipinski definition) is 2. The average Bonchev–Trinajstić information content (AvgIpc) is 3.33. The van der Waals surface area contributed by atoms with Crippen molar-refractivity contribution in [3.8, 4) is 11.3 Å². The molecule has 10 heteroatoms. The molecule has 0 spiro atoms. The number of nitrogens with one attached hydrogen (secondary N) is 1. The Morgan fingerprint density at radius 2 is 2.13 bits per heavy atom. The molecule has 2 N–H and O–H groups in total. The first-order chi connectivity index (χ1) is 14.3. The van der Waals surface area contributed by atoms with E-state index in [1.165, 1.54) is 12.1 Å². The highest BCUT2D eigenvalue weighted by Crippen LogP contribution is 2.32. The maximum absolute atomic E-state index is 11.6. The van der Waals surface area contributed by atoms with Crippen LogP contribution in [-0.2, 0) is 11.2 Å². The van der Waals surface area contributed by atoms with E-state index in [4.69, 9.17) is 4.42 Å². The topological polar surface area (TPSA) is 135 Å². The van der Waals surface area contributed by atoms with E-state index in [0.29, 0.717) is 33.6 Å². The number of aryl methyl sites for hydroxylation is 2. The van der Waals surface area contributed by atoms with Crippen molar-refractivity contribution < 1.29 is 19.2 Å². The number of carbonyl (C=O) groups is 1. The van der Waals surface area contributed by atoms with Crippen LogP contribution in [0.25, 0.3) is 17.4 Å². The maximum atomic E-state index is 11.6. The van der Waals surface area contributed by atoms with Gasteiger partial charge < -0.3 is 9.52 Å². The summed E-state index contributed by atoms with van der Waals surface area (Å²) in [5, 5.41) is 27.9. The summed E-state index contributed by atoms with van der Waals surface area (Å²) in [7, 11) is 0. The minimum Gasteiger partial charge on any atom is -0.477 e. The van der Waals surface area contributed by atoms with E-state index in [-0.39, 0.29) is 10.6 Å². The zero-order chi connectivity index (χ0) is 21.8. The van der Waals surface area contributed by atoms with Crippen molar-refractivity contribution in [1.29, 1.82) is 0 Å². The Labute approximate surface area is 176 Å². The van der Waals surface area contributed by atoms with Crippen LogP contribution in [0.2, 0.25) is 0 Å². The molecule has 2 heterocycles. The predicted molar refractivity (Wildman–Crippen MR) is 112 cm³/mol. The first-order valence-electron chi connectivity index (χ1n) is 9.18. The van der Waals surface area contributed by atoms with E-state index < -0.39 is 10.9 Å². The molecule has 0 radical (unpaired) electrons. The molecular weight excluding hydrogens is 408 g/mol. The number of furan rings is 1. The zero-order valence-electron chi connectivity index (χ0n) is 16.6. The van der Waals surface area contributed by atoms with Gasteiger partial charge in [-0.3, -0.25) is 15.2 Å². The molecule has 0 fully saturated rings. The Balaban J connectivity index is 1.88. The van der Waals surface area contributed by atoms with Crippen molar-refractivity contribution in [1.82, 2.24) is 15.2 Å². The van der Waals surface area contributed by atoms with Crippen LogP contribution in [0.5, 0.6) is 0 Å². The number of carboxylic acid groups (broad SMARTS) is 1. The molecule has 0 atom stereocenters. The number of nitrogens with zero attached hydrogens (tertiary/aromatic N) is 3. The van der Waals surface area contributed by atoms with Crippen LogP contribution < -0.4 is 0 Å². The number of nitro benzene ring substituents is 1. The fourth-order valence-corrected chi connectivity index (χ4v) is 3.50. The number of nitro groups is 1. The second kappa shape index (κ2) is 8.95. The van der Waals surface area contributed by atoms with E-state index in [9.17, 15) is 20.0 Å². The van der Waals surface area contributed by atoms with Crippen LogP contribution in [0.3, 0.4) is 0 Å². The summed E-state index contributed by atoms with van der Waals surface area (Å²) in [6.07, 6.45) is 3.00. The quantitative estimate of drug-likeness (QED) is 0.227. The Morgan fingerprint density at radius 3 is 2.80 bits per heavy atom. The third-order valence-corrected chi connectivity index (χ3v) is 5.31. The number of benzene rings is 1. The lowest BCUT2D eigenvalue weighted by Crippen LogP contribution is -1.97. The summed E-state index contributed by atoms with van der Waals surface area (Å²) < 4.78 is 5.74. The van der Waals surface area contributed by atoms with E-state index >= 15 is 0 Å². The molecule has 9 nitrogen and oxygen atoms in total. The van der Waals surface area contributed by atoms with Gasteiger partial charge in [0.1, 0.15) is 22.3 Å². The summed E-state index contributed by atoms with van der Waals surface area (Å²) in [5.41, 5.74) is 1.91. The first-order valence-corrected chi connectivity index (χ1v) is 10.00. The molecule has 0 bridgehead atoms. The molecule has 156 valence electrons. The van der Waals surface area contributed by atoms with Gasteiger partial charge in [0.25, 0.3) is 5.69 Å². The second-order valence-electron chi connectivity index (χ2n) is 6.63. The van der Waals surface area contributed by atoms with Crippen LogP contribution in [0.15, 0.2) is 38.7 Å².